The summed E-state index contributed by atoms with van der Waals surface area (Å²) in [7, 11) is -1.85. The Morgan fingerprint density at radius 1 is 1.33 bits per heavy atom. The topological polar surface area (TPSA) is 93.4 Å². The molecular formula is C8H21N3O3S. The van der Waals surface area contributed by atoms with Crippen molar-refractivity contribution in [3.05, 3.63) is 0 Å². The van der Waals surface area contributed by atoms with Crippen molar-refractivity contribution in [2.24, 2.45) is 5.73 Å². The molecule has 4 N–H and O–H groups in total. The van der Waals surface area contributed by atoms with E-state index >= 15 is 0 Å². The molecule has 0 radical (unpaired) electrons. The lowest BCUT2D eigenvalue weighted by molar-refractivity contribution is 0.204. The Labute approximate surface area is 91.7 Å². The smallest absolute Gasteiger partial charge is 0.276 e. The van der Waals surface area contributed by atoms with Crippen molar-refractivity contribution in [3.63, 3.8) is 0 Å². The van der Waals surface area contributed by atoms with Crippen LogP contribution in [0, 0.1) is 0 Å². The van der Waals surface area contributed by atoms with Gasteiger partial charge in [0.2, 0.25) is 0 Å². The molecule has 0 aliphatic rings. The van der Waals surface area contributed by atoms with Crippen molar-refractivity contribution < 1.29 is 13.2 Å². The SMILES string of the molecule is COCCNS(=O)(=O)NCCCC(C)N. The van der Waals surface area contributed by atoms with Gasteiger partial charge in [0.25, 0.3) is 10.2 Å². The summed E-state index contributed by atoms with van der Waals surface area (Å²) < 4.78 is 32.0. The van der Waals surface area contributed by atoms with E-state index in [1.807, 2.05) is 6.92 Å². The Hall–Kier alpha value is -0.210. The number of nitrogens with one attached hydrogen (secondary N) is 2. The molecule has 1 unspecified atom stereocenters. The number of nitrogens with two attached hydrogens (primary N) is 1. The zero-order valence-electron chi connectivity index (χ0n) is 9.32. The molecule has 0 heterocycles. The van der Waals surface area contributed by atoms with Gasteiger partial charge in [-0.1, -0.05) is 0 Å². The number of hydrogen-bond donors (Lipinski definition) is 3. The molecule has 92 valence electrons. The van der Waals surface area contributed by atoms with Crippen molar-refractivity contribution >= 4 is 10.2 Å². The Morgan fingerprint density at radius 3 is 2.47 bits per heavy atom. The molecule has 6 nitrogen and oxygen atoms in total. The first kappa shape index (κ1) is 14.8. The van der Waals surface area contributed by atoms with Gasteiger partial charge in [-0.2, -0.15) is 13.1 Å². The Bertz CT molecular complexity index is 242. The first-order chi connectivity index (χ1) is 6.98. The minimum absolute atomic E-state index is 0.107. The maximum absolute atomic E-state index is 11.2. The third-order valence-electron chi connectivity index (χ3n) is 1.73. The van der Waals surface area contributed by atoms with Gasteiger partial charge in [0.05, 0.1) is 6.61 Å². The van der Waals surface area contributed by atoms with E-state index in [4.69, 9.17) is 10.5 Å². The summed E-state index contributed by atoms with van der Waals surface area (Å²) in [6, 6.07) is 0.107. The summed E-state index contributed by atoms with van der Waals surface area (Å²) in [6.07, 6.45) is 1.55. The van der Waals surface area contributed by atoms with E-state index in [1.165, 1.54) is 7.11 Å². The Balaban J connectivity index is 3.56. The van der Waals surface area contributed by atoms with Crippen LogP contribution >= 0.6 is 0 Å². The van der Waals surface area contributed by atoms with Crippen molar-refractivity contribution in [1.82, 2.24) is 9.44 Å². The third kappa shape index (κ3) is 10.1. The number of methoxy groups -OCH3 is 1. The maximum Gasteiger partial charge on any atom is 0.276 e. The van der Waals surface area contributed by atoms with E-state index in [9.17, 15) is 8.42 Å². The van der Waals surface area contributed by atoms with Gasteiger partial charge in [-0.3, -0.25) is 0 Å². The molecule has 15 heavy (non-hydrogen) atoms. The highest BCUT2D eigenvalue weighted by atomic mass is 32.2. The van der Waals surface area contributed by atoms with E-state index in [0.29, 0.717) is 13.2 Å². The molecule has 0 bridgehead atoms. The second-order valence-corrected chi connectivity index (χ2v) is 4.99. The fourth-order valence-electron chi connectivity index (χ4n) is 0.960. The molecule has 0 aromatic heterocycles. The average molecular weight is 239 g/mol. The molecule has 1 atom stereocenters. The molecule has 0 aliphatic carbocycles. The van der Waals surface area contributed by atoms with Gasteiger partial charge in [-0.15, -0.1) is 0 Å². The minimum Gasteiger partial charge on any atom is -0.383 e. The molecular weight excluding hydrogens is 218 g/mol. The predicted octanol–water partition coefficient (Wildman–Crippen LogP) is -0.816. The van der Waals surface area contributed by atoms with Gasteiger partial charge in [-0.25, -0.2) is 4.72 Å². The van der Waals surface area contributed by atoms with Gasteiger partial charge >= 0.3 is 0 Å². The van der Waals surface area contributed by atoms with Crippen LogP contribution in [0.3, 0.4) is 0 Å². The number of rotatable bonds is 9. The second-order valence-electron chi connectivity index (χ2n) is 3.40. The molecule has 0 rings (SSSR count). The molecule has 0 amide bonds. The van der Waals surface area contributed by atoms with Gasteiger partial charge in [0.1, 0.15) is 0 Å². The van der Waals surface area contributed by atoms with Gasteiger partial charge in [0, 0.05) is 26.2 Å². The first-order valence-corrected chi connectivity index (χ1v) is 6.45. The van der Waals surface area contributed by atoms with Crippen LogP contribution in [0.25, 0.3) is 0 Å². The molecule has 0 saturated carbocycles. The first-order valence-electron chi connectivity index (χ1n) is 4.96. The largest absolute Gasteiger partial charge is 0.383 e. The van der Waals surface area contributed by atoms with E-state index in [0.717, 1.165) is 12.8 Å². The van der Waals surface area contributed by atoms with Crippen molar-refractivity contribution in [2.75, 3.05) is 26.8 Å². The summed E-state index contributed by atoms with van der Waals surface area (Å²) in [5.74, 6) is 0. The van der Waals surface area contributed by atoms with Crippen LogP contribution in [0.2, 0.25) is 0 Å². The highest BCUT2D eigenvalue weighted by molar-refractivity contribution is 7.87. The molecule has 0 aromatic carbocycles. The van der Waals surface area contributed by atoms with Crippen molar-refractivity contribution in [3.8, 4) is 0 Å². The monoisotopic (exact) mass is 239 g/mol. The van der Waals surface area contributed by atoms with E-state index in [-0.39, 0.29) is 12.6 Å². The maximum atomic E-state index is 11.2. The molecule has 0 aliphatic heterocycles. The van der Waals surface area contributed by atoms with E-state index in [2.05, 4.69) is 9.44 Å². The van der Waals surface area contributed by atoms with Gasteiger partial charge in [0.15, 0.2) is 0 Å². The molecule has 0 spiro atoms. The quantitative estimate of drug-likeness (QED) is 0.458. The lowest BCUT2D eigenvalue weighted by Crippen LogP contribution is -2.38. The number of hydrogen-bond acceptors (Lipinski definition) is 4. The normalized spacial score (nSPS) is 14.1. The van der Waals surface area contributed by atoms with E-state index < -0.39 is 10.2 Å². The summed E-state index contributed by atoms with van der Waals surface area (Å²) in [4.78, 5) is 0. The highest BCUT2D eigenvalue weighted by Crippen LogP contribution is 1.91. The highest BCUT2D eigenvalue weighted by Gasteiger charge is 2.07. The van der Waals surface area contributed by atoms with Crippen LogP contribution < -0.4 is 15.2 Å². The minimum atomic E-state index is -3.37. The van der Waals surface area contributed by atoms with Gasteiger partial charge < -0.3 is 10.5 Å². The Kier molecular flexibility index (Phi) is 7.89. The standard InChI is InChI=1S/C8H21N3O3S/c1-8(9)4-3-5-10-15(12,13)11-6-7-14-2/h8,10-11H,3-7,9H2,1-2H3. The van der Waals surface area contributed by atoms with E-state index in [1.54, 1.807) is 0 Å². The van der Waals surface area contributed by atoms with Crippen LogP contribution in [-0.4, -0.2) is 41.3 Å². The van der Waals surface area contributed by atoms with Crippen LogP contribution in [0.5, 0.6) is 0 Å². The predicted molar refractivity (Wildman–Crippen MR) is 59.7 cm³/mol. The zero-order valence-corrected chi connectivity index (χ0v) is 10.1. The van der Waals surface area contributed by atoms with Crippen LogP contribution in [-0.2, 0) is 14.9 Å². The molecule has 0 fully saturated rings. The second kappa shape index (κ2) is 8.00. The lowest BCUT2D eigenvalue weighted by Gasteiger charge is -2.08. The molecule has 0 aromatic rings. The number of ether oxygens (including phenoxy) is 1. The fourth-order valence-corrected chi connectivity index (χ4v) is 1.83. The van der Waals surface area contributed by atoms with Crippen LogP contribution in [0.1, 0.15) is 19.8 Å². The van der Waals surface area contributed by atoms with Crippen LogP contribution in [0.4, 0.5) is 0 Å². The molecule has 7 heteroatoms. The third-order valence-corrected chi connectivity index (χ3v) is 2.89. The fraction of sp³-hybridized carbons (Fsp3) is 1.00. The average Bonchev–Trinajstić information content (AvgIpc) is 2.13. The Morgan fingerprint density at radius 2 is 1.93 bits per heavy atom. The summed E-state index contributed by atoms with van der Waals surface area (Å²) in [5, 5.41) is 0. The van der Waals surface area contributed by atoms with Gasteiger partial charge in [-0.05, 0) is 19.8 Å². The summed E-state index contributed by atoms with van der Waals surface area (Å²) in [6.45, 7) is 2.94. The van der Waals surface area contributed by atoms with Crippen molar-refractivity contribution in [1.29, 1.82) is 0 Å². The lowest BCUT2D eigenvalue weighted by atomic mass is 10.2. The van der Waals surface area contributed by atoms with Crippen molar-refractivity contribution in [2.45, 2.75) is 25.8 Å². The molecule has 0 saturated heterocycles. The summed E-state index contributed by atoms with van der Waals surface area (Å²) in [5.41, 5.74) is 5.53. The summed E-state index contributed by atoms with van der Waals surface area (Å²) >= 11 is 0. The zero-order chi connectivity index (χ0) is 11.7. The van der Waals surface area contributed by atoms with Crippen LogP contribution in [0.15, 0.2) is 0 Å².